The highest BCUT2D eigenvalue weighted by molar-refractivity contribution is 5.92. The highest BCUT2D eigenvalue weighted by atomic mass is 16.2. The van der Waals surface area contributed by atoms with Gasteiger partial charge < -0.3 is 15.5 Å². The Hall–Kier alpha value is -1.89. The first-order chi connectivity index (χ1) is 13.0. The van der Waals surface area contributed by atoms with Crippen molar-refractivity contribution in [1.82, 2.24) is 25.3 Å². The Balaban J connectivity index is 1.58. The molecule has 0 aliphatic carbocycles. The van der Waals surface area contributed by atoms with Crippen molar-refractivity contribution in [2.45, 2.75) is 65.0 Å². The first-order valence-corrected chi connectivity index (χ1v) is 10.4. The van der Waals surface area contributed by atoms with Crippen LogP contribution in [0.25, 0.3) is 0 Å². The van der Waals surface area contributed by atoms with Crippen LogP contribution >= 0.6 is 0 Å². The number of nitrogens with one attached hydrogen (secondary N) is 2. The van der Waals surface area contributed by atoms with Crippen molar-refractivity contribution < 1.29 is 9.59 Å². The third-order valence-corrected chi connectivity index (χ3v) is 5.66. The third kappa shape index (κ3) is 4.69. The Kier molecular flexibility index (Phi) is 6.52. The zero-order valence-corrected chi connectivity index (χ0v) is 16.8. The SMILES string of the molecule is CCn1nc(C(C)C)cc1C(=O)N1CCCC(CNC(=O)C2CCCN2)C1. The van der Waals surface area contributed by atoms with Gasteiger partial charge in [0.2, 0.25) is 5.91 Å². The van der Waals surface area contributed by atoms with E-state index in [-0.39, 0.29) is 17.9 Å². The maximum Gasteiger partial charge on any atom is 0.272 e. The standard InChI is InChI=1S/C20H33N5O2/c1-4-25-18(11-17(23-25)14(2)3)20(27)24-10-6-7-15(13-24)12-22-19(26)16-8-5-9-21-16/h11,14-16,21H,4-10,12-13H2,1-3H3,(H,22,26). The van der Waals surface area contributed by atoms with Gasteiger partial charge in [0.15, 0.2) is 0 Å². The monoisotopic (exact) mass is 375 g/mol. The molecule has 0 saturated carbocycles. The third-order valence-electron chi connectivity index (χ3n) is 5.66. The van der Waals surface area contributed by atoms with Crippen molar-refractivity contribution in [2.24, 2.45) is 5.92 Å². The van der Waals surface area contributed by atoms with Crippen LogP contribution in [0.1, 0.15) is 68.6 Å². The van der Waals surface area contributed by atoms with E-state index in [9.17, 15) is 9.59 Å². The second kappa shape index (κ2) is 8.87. The predicted octanol–water partition coefficient (Wildman–Crippen LogP) is 1.75. The number of hydrogen-bond donors (Lipinski definition) is 2. The molecule has 2 saturated heterocycles. The van der Waals surface area contributed by atoms with E-state index >= 15 is 0 Å². The molecule has 2 amide bonds. The molecular formula is C20H33N5O2. The summed E-state index contributed by atoms with van der Waals surface area (Å²) in [5, 5.41) is 10.9. The van der Waals surface area contributed by atoms with Crippen molar-refractivity contribution >= 4 is 11.8 Å². The van der Waals surface area contributed by atoms with Gasteiger partial charge in [-0.05, 0) is 57.1 Å². The van der Waals surface area contributed by atoms with E-state index in [0.29, 0.717) is 37.2 Å². The number of piperidine rings is 1. The molecule has 7 nitrogen and oxygen atoms in total. The van der Waals surface area contributed by atoms with Gasteiger partial charge in [-0.2, -0.15) is 5.10 Å². The fourth-order valence-corrected chi connectivity index (χ4v) is 3.99. The van der Waals surface area contributed by atoms with Crippen LogP contribution in [0.15, 0.2) is 6.07 Å². The number of amides is 2. The molecule has 3 rings (SSSR count). The molecule has 0 spiro atoms. The lowest BCUT2D eigenvalue weighted by molar-refractivity contribution is -0.123. The Morgan fingerprint density at radius 2 is 2.15 bits per heavy atom. The second-order valence-electron chi connectivity index (χ2n) is 8.08. The van der Waals surface area contributed by atoms with Gasteiger partial charge in [0, 0.05) is 26.2 Å². The summed E-state index contributed by atoms with van der Waals surface area (Å²) in [7, 11) is 0. The van der Waals surface area contributed by atoms with E-state index < -0.39 is 0 Å². The van der Waals surface area contributed by atoms with Gasteiger partial charge in [0.05, 0.1) is 11.7 Å². The average molecular weight is 376 g/mol. The molecule has 2 unspecified atom stereocenters. The fraction of sp³-hybridized carbons (Fsp3) is 0.750. The number of likely N-dealkylation sites (tertiary alicyclic amines) is 1. The van der Waals surface area contributed by atoms with Gasteiger partial charge in [-0.3, -0.25) is 14.3 Å². The lowest BCUT2D eigenvalue weighted by atomic mass is 9.97. The van der Waals surface area contributed by atoms with Crippen LogP contribution in [0.2, 0.25) is 0 Å². The van der Waals surface area contributed by atoms with Gasteiger partial charge in [-0.15, -0.1) is 0 Å². The maximum atomic E-state index is 13.1. The van der Waals surface area contributed by atoms with Crippen LogP contribution in [-0.4, -0.2) is 58.7 Å². The lowest BCUT2D eigenvalue weighted by Gasteiger charge is -2.33. The zero-order valence-electron chi connectivity index (χ0n) is 16.8. The predicted molar refractivity (Wildman–Crippen MR) is 105 cm³/mol. The van der Waals surface area contributed by atoms with E-state index in [2.05, 4.69) is 29.6 Å². The van der Waals surface area contributed by atoms with Gasteiger partial charge in [0.1, 0.15) is 5.69 Å². The second-order valence-corrected chi connectivity index (χ2v) is 8.08. The smallest absolute Gasteiger partial charge is 0.272 e. The molecule has 2 fully saturated rings. The number of aryl methyl sites for hydroxylation is 1. The molecular weight excluding hydrogens is 342 g/mol. The Morgan fingerprint density at radius 3 is 2.81 bits per heavy atom. The number of aromatic nitrogens is 2. The van der Waals surface area contributed by atoms with Crippen molar-refractivity contribution in [3.05, 3.63) is 17.5 Å². The van der Waals surface area contributed by atoms with E-state index in [1.807, 2.05) is 22.6 Å². The summed E-state index contributed by atoms with van der Waals surface area (Å²) >= 11 is 0. The number of nitrogens with zero attached hydrogens (tertiary/aromatic N) is 3. The molecule has 0 aromatic carbocycles. The highest BCUT2D eigenvalue weighted by Gasteiger charge is 2.28. The van der Waals surface area contributed by atoms with E-state index in [1.54, 1.807) is 0 Å². The van der Waals surface area contributed by atoms with Crippen molar-refractivity contribution in [3.63, 3.8) is 0 Å². The van der Waals surface area contributed by atoms with Crippen molar-refractivity contribution in [3.8, 4) is 0 Å². The van der Waals surface area contributed by atoms with Crippen molar-refractivity contribution in [2.75, 3.05) is 26.2 Å². The van der Waals surface area contributed by atoms with Crippen LogP contribution in [0.5, 0.6) is 0 Å². The lowest BCUT2D eigenvalue weighted by Crippen LogP contribution is -2.47. The van der Waals surface area contributed by atoms with E-state index in [1.165, 1.54) is 0 Å². The fourth-order valence-electron chi connectivity index (χ4n) is 3.99. The number of carbonyl (C=O) groups is 2. The van der Waals surface area contributed by atoms with Crippen LogP contribution in [0.4, 0.5) is 0 Å². The van der Waals surface area contributed by atoms with E-state index in [4.69, 9.17) is 0 Å². The van der Waals surface area contributed by atoms with Gasteiger partial charge in [0.25, 0.3) is 5.91 Å². The first kappa shape index (κ1) is 19.9. The van der Waals surface area contributed by atoms with Gasteiger partial charge >= 0.3 is 0 Å². The minimum atomic E-state index is -0.0420. The van der Waals surface area contributed by atoms with Gasteiger partial charge in [-0.25, -0.2) is 0 Å². The summed E-state index contributed by atoms with van der Waals surface area (Å²) in [4.78, 5) is 27.2. The summed E-state index contributed by atoms with van der Waals surface area (Å²) < 4.78 is 1.81. The molecule has 1 aromatic heterocycles. The maximum absolute atomic E-state index is 13.1. The summed E-state index contributed by atoms with van der Waals surface area (Å²) in [5.74, 6) is 0.778. The van der Waals surface area contributed by atoms with Crippen LogP contribution in [0, 0.1) is 5.92 Å². The number of hydrogen-bond acceptors (Lipinski definition) is 4. The molecule has 3 heterocycles. The summed E-state index contributed by atoms with van der Waals surface area (Å²) in [6.45, 7) is 9.93. The molecule has 2 aliphatic heterocycles. The molecule has 1 aromatic rings. The summed E-state index contributed by atoms with van der Waals surface area (Å²) in [5.41, 5.74) is 1.64. The molecule has 27 heavy (non-hydrogen) atoms. The molecule has 7 heteroatoms. The zero-order chi connectivity index (χ0) is 19.4. The van der Waals surface area contributed by atoms with Crippen LogP contribution < -0.4 is 10.6 Å². The normalized spacial score (nSPS) is 23.0. The number of rotatable bonds is 6. The summed E-state index contributed by atoms with van der Waals surface area (Å²) in [6.07, 6.45) is 4.01. The average Bonchev–Trinajstić information content (AvgIpc) is 3.35. The molecule has 150 valence electrons. The van der Waals surface area contributed by atoms with Crippen LogP contribution in [0.3, 0.4) is 0 Å². The van der Waals surface area contributed by atoms with Crippen LogP contribution in [-0.2, 0) is 11.3 Å². The molecule has 2 N–H and O–H groups in total. The Bertz CT molecular complexity index is 663. The first-order valence-electron chi connectivity index (χ1n) is 10.4. The minimum absolute atomic E-state index is 0.0420. The Labute approximate surface area is 161 Å². The largest absolute Gasteiger partial charge is 0.354 e. The molecule has 0 radical (unpaired) electrons. The number of carbonyl (C=O) groups excluding carboxylic acids is 2. The minimum Gasteiger partial charge on any atom is -0.354 e. The van der Waals surface area contributed by atoms with E-state index in [0.717, 1.165) is 44.5 Å². The molecule has 2 atom stereocenters. The summed E-state index contributed by atoms with van der Waals surface area (Å²) in [6, 6.07) is 1.90. The topological polar surface area (TPSA) is 79.3 Å². The Morgan fingerprint density at radius 1 is 1.33 bits per heavy atom. The molecule has 0 bridgehead atoms. The molecule has 2 aliphatic rings. The quantitative estimate of drug-likeness (QED) is 0.794. The van der Waals surface area contributed by atoms with Gasteiger partial charge in [-0.1, -0.05) is 13.8 Å². The van der Waals surface area contributed by atoms with Crippen molar-refractivity contribution in [1.29, 1.82) is 0 Å². The highest BCUT2D eigenvalue weighted by Crippen LogP contribution is 2.21.